The fourth-order valence-electron chi connectivity index (χ4n) is 1.89. The van der Waals surface area contributed by atoms with Gasteiger partial charge in [-0.2, -0.15) is 0 Å². The van der Waals surface area contributed by atoms with Gasteiger partial charge < -0.3 is 15.7 Å². The maximum Gasteiger partial charge on any atom is 0.319 e. The zero-order chi connectivity index (χ0) is 16.0. The van der Waals surface area contributed by atoms with Crippen LogP contribution in [-0.4, -0.2) is 33.8 Å². The van der Waals surface area contributed by atoms with E-state index in [1.54, 1.807) is 19.3 Å². The summed E-state index contributed by atoms with van der Waals surface area (Å²) in [6, 6.07) is -0.292. The van der Waals surface area contributed by atoms with Crippen LogP contribution in [-0.2, 0) is 5.41 Å². The number of anilines is 1. The van der Waals surface area contributed by atoms with E-state index in [4.69, 9.17) is 0 Å². The number of amides is 2. The Labute approximate surface area is 126 Å². The van der Waals surface area contributed by atoms with Crippen LogP contribution in [0.5, 0.6) is 0 Å². The monoisotopic (exact) mass is 294 g/mol. The number of aliphatic hydroxyl groups is 1. The van der Waals surface area contributed by atoms with Crippen molar-refractivity contribution in [3.8, 4) is 0 Å². The number of carbonyl (C=O) groups excluding carboxylic acids is 1. The van der Waals surface area contributed by atoms with Crippen molar-refractivity contribution in [1.29, 1.82) is 0 Å². The van der Waals surface area contributed by atoms with Gasteiger partial charge in [0.15, 0.2) is 0 Å². The molecule has 0 bridgehead atoms. The molecule has 0 aliphatic heterocycles. The Hall–Kier alpha value is -1.69. The average Bonchev–Trinajstić information content (AvgIpc) is 2.35. The van der Waals surface area contributed by atoms with Crippen molar-refractivity contribution < 1.29 is 9.90 Å². The molecule has 0 fully saturated rings. The van der Waals surface area contributed by atoms with E-state index in [0.717, 1.165) is 5.82 Å². The molecule has 2 atom stereocenters. The number of aromatic nitrogens is 2. The largest absolute Gasteiger partial charge is 0.393 e. The molecule has 118 valence electrons. The molecule has 0 saturated carbocycles. The maximum atomic E-state index is 11.7. The van der Waals surface area contributed by atoms with Gasteiger partial charge in [-0.1, -0.05) is 27.7 Å². The molecular formula is C15H26N4O2. The van der Waals surface area contributed by atoms with Gasteiger partial charge in [0.05, 0.1) is 24.2 Å². The van der Waals surface area contributed by atoms with Crippen LogP contribution in [0.15, 0.2) is 12.4 Å². The Morgan fingerprint density at radius 2 is 1.86 bits per heavy atom. The minimum atomic E-state index is -0.358. The van der Waals surface area contributed by atoms with Gasteiger partial charge in [-0.3, -0.25) is 0 Å². The minimum absolute atomic E-state index is 0.114. The highest BCUT2D eigenvalue weighted by Gasteiger charge is 2.17. The number of urea groups is 1. The lowest BCUT2D eigenvalue weighted by Crippen LogP contribution is -2.33. The Kier molecular flexibility index (Phi) is 6.08. The number of hydrogen-bond donors (Lipinski definition) is 3. The summed E-state index contributed by atoms with van der Waals surface area (Å²) in [6.45, 7) is 10.3. The predicted molar refractivity (Wildman–Crippen MR) is 83.2 cm³/mol. The summed E-state index contributed by atoms with van der Waals surface area (Å²) >= 11 is 0. The minimum Gasteiger partial charge on any atom is -0.393 e. The lowest BCUT2D eigenvalue weighted by molar-refractivity contribution is 0.163. The summed E-state index contributed by atoms with van der Waals surface area (Å²) in [7, 11) is 0. The summed E-state index contributed by atoms with van der Waals surface area (Å²) in [5.41, 5.74) is 0.445. The normalized spacial score (nSPS) is 14.4. The third-order valence-electron chi connectivity index (χ3n) is 2.94. The maximum absolute atomic E-state index is 11.7. The summed E-state index contributed by atoms with van der Waals surface area (Å²) in [6.07, 6.45) is 3.51. The van der Waals surface area contributed by atoms with Crippen molar-refractivity contribution in [1.82, 2.24) is 15.3 Å². The fourth-order valence-corrected chi connectivity index (χ4v) is 1.89. The number of nitrogens with one attached hydrogen (secondary N) is 2. The van der Waals surface area contributed by atoms with Crippen molar-refractivity contribution in [3.05, 3.63) is 18.2 Å². The molecule has 0 saturated heterocycles. The molecule has 0 aliphatic carbocycles. The summed E-state index contributed by atoms with van der Waals surface area (Å²) in [4.78, 5) is 20.2. The van der Waals surface area contributed by atoms with E-state index in [9.17, 15) is 9.90 Å². The van der Waals surface area contributed by atoms with Crippen LogP contribution < -0.4 is 10.6 Å². The van der Waals surface area contributed by atoms with Crippen LogP contribution in [0.1, 0.15) is 46.9 Å². The second-order valence-electron chi connectivity index (χ2n) is 6.57. The molecule has 0 radical (unpaired) electrons. The van der Waals surface area contributed by atoms with E-state index in [1.807, 2.05) is 27.7 Å². The van der Waals surface area contributed by atoms with Crippen LogP contribution in [0.2, 0.25) is 0 Å². The second kappa shape index (κ2) is 7.36. The van der Waals surface area contributed by atoms with Crippen molar-refractivity contribution in [3.63, 3.8) is 0 Å². The molecule has 0 aliphatic rings. The van der Waals surface area contributed by atoms with E-state index in [0.29, 0.717) is 18.7 Å². The molecule has 2 amide bonds. The third-order valence-corrected chi connectivity index (χ3v) is 2.94. The molecule has 0 aromatic carbocycles. The van der Waals surface area contributed by atoms with Crippen molar-refractivity contribution >= 4 is 11.7 Å². The van der Waals surface area contributed by atoms with Crippen LogP contribution in [0.25, 0.3) is 0 Å². The van der Waals surface area contributed by atoms with Gasteiger partial charge >= 0.3 is 6.03 Å². The van der Waals surface area contributed by atoms with Crippen LogP contribution in [0.3, 0.4) is 0 Å². The molecule has 1 rings (SSSR count). The highest BCUT2D eigenvalue weighted by molar-refractivity contribution is 5.88. The molecule has 1 aromatic heterocycles. The fraction of sp³-hybridized carbons (Fsp3) is 0.667. The lowest BCUT2D eigenvalue weighted by atomic mass is 9.96. The first-order chi connectivity index (χ1) is 9.68. The van der Waals surface area contributed by atoms with Gasteiger partial charge in [-0.25, -0.2) is 14.8 Å². The quantitative estimate of drug-likeness (QED) is 0.777. The first kappa shape index (κ1) is 17.4. The number of aliphatic hydroxyl groups excluding tert-OH is 1. The van der Waals surface area contributed by atoms with Crippen molar-refractivity contribution in [2.45, 2.75) is 52.6 Å². The second-order valence-corrected chi connectivity index (χ2v) is 6.57. The molecule has 3 N–H and O–H groups in total. The van der Waals surface area contributed by atoms with Crippen LogP contribution in [0.4, 0.5) is 10.5 Å². The number of carbonyl (C=O) groups is 1. The smallest absolute Gasteiger partial charge is 0.319 e. The molecule has 6 heteroatoms. The Bertz CT molecular complexity index is 452. The number of rotatable bonds is 5. The molecular weight excluding hydrogens is 268 g/mol. The van der Waals surface area contributed by atoms with Gasteiger partial charge in [-0.05, 0) is 19.3 Å². The standard InChI is InChI=1S/C15H26N4O2/c1-10(6-11(2)20)7-18-14(21)19-12-8-16-13(17-9-12)15(3,4)5/h8-11,20H,6-7H2,1-5H3,(H2,18,19,21)/t10-,11+/m1/s1. The number of nitrogens with zero attached hydrogens (tertiary/aromatic N) is 2. The van der Waals surface area contributed by atoms with Gasteiger partial charge in [0.25, 0.3) is 0 Å². The molecule has 0 spiro atoms. The van der Waals surface area contributed by atoms with Gasteiger partial charge in [0, 0.05) is 12.0 Å². The van der Waals surface area contributed by atoms with Crippen LogP contribution in [0, 0.1) is 5.92 Å². The summed E-state index contributed by atoms with van der Waals surface area (Å²) in [5.74, 6) is 0.953. The highest BCUT2D eigenvalue weighted by atomic mass is 16.3. The Balaban J connectivity index is 2.45. The molecule has 6 nitrogen and oxygen atoms in total. The van der Waals surface area contributed by atoms with Gasteiger partial charge in [-0.15, -0.1) is 0 Å². The highest BCUT2D eigenvalue weighted by Crippen LogP contribution is 2.18. The Morgan fingerprint density at radius 1 is 1.29 bits per heavy atom. The predicted octanol–water partition coefficient (Wildman–Crippen LogP) is 2.30. The van der Waals surface area contributed by atoms with Crippen LogP contribution >= 0.6 is 0 Å². The zero-order valence-corrected chi connectivity index (χ0v) is 13.5. The SMILES string of the molecule is C[C@@H](CNC(=O)Nc1cnc(C(C)(C)C)nc1)C[C@H](C)O. The molecule has 1 heterocycles. The van der Waals surface area contributed by atoms with E-state index >= 15 is 0 Å². The number of hydrogen-bond acceptors (Lipinski definition) is 4. The lowest BCUT2D eigenvalue weighted by Gasteiger charge is -2.17. The van der Waals surface area contributed by atoms with Gasteiger partial charge in [0.1, 0.15) is 5.82 Å². The Morgan fingerprint density at radius 3 is 2.33 bits per heavy atom. The van der Waals surface area contributed by atoms with Gasteiger partial charge in [0.2, 0.25) is 0 Å². The third kappa shape index (κ3) is 6.53. The molecule has 0 unspecified atom stereocenters. The van der Waals surface area contributed by atoms with Crippen molar-refractivity contribution in [2.75, 3.05) is 11.9 Å². The van der Waals surface area contributed by atoms with E-state index in [2.05, 4.69) is 20.6 Å². The van der Waals surface area contributed by atoms with E-state index in [1.165, 1.54) is 0 Å². The topological polar surface area (TPSA) is 87.1 Å². The van der Waals surface area contributed by atoms with Crippen molar-refractivity contribution in [2.24, 2.45) is 5.92 Å². The average molecular weight is 294 g/mol. The molecule has 21 heavy (non-hydrogen) atoms. The van der Waals surface area contributed by atoms with E-state index in [-0.39, 0.29) is 23.5 Å². The summed E-state index contributed by atoms with van der Waals surface area (Å²) in [5, 5.41) is 14.7. The first-order valence-corrected chi connectivity index (χ1v) is 7.24. The zero-order valence-electron chi connectivity index (χ0n) is 13.5. The molecule has 1 aromatic rings. The first-order valence-electron chi connectivity index (χ1n) is 7.24. The van der Waals surface area contributed by atoms with E-state index < -0.39 is 0 Å². The summed E-state index contributed by atoms with van der Waals surface area (Å²) < 4.78 is 0.